The van der Waals surface area contributed by atoms with E-state index in [9.17, 15) is 4.79 Å². The zero-order valence-electron chi connectivity index (χ0n) is 11.9. The van der Waals surface area contributed by atoms with Gasteiger partial charge in [-0.05, 0) is 26.0 Å². The number of carbonyl (C=O) groups is 1. The molecular weight excluding hydrogens is 310 g/mol. The standard InChI is InChI=1S/C14H16ClN3O2S/c1-8-7-21-13(16-8)9(2)17-14(19)18-12-5-4-10(20-3)6-11(12)15/h4-7,9H,1-3H3,(H2,17,18,19)/t9-/m1/s1. The van der Waals surface area contributed by atoms with Crippen molar-refractivity contribution < 1.29 is 9.53 Å². The number of halogens is 1. The Kier molecular flexibility index (Phi) is 5.03. The van der Waals surface area contributed by atoms with Crippen LogP contribution in [0.15, 0.2) is 23.6 Å². The Morgan fingerprint density at radius 1 is 1.48 bits per heavy atom. The molecule has 2 amide bonds. The van der Waals surface area contributed by atoms with E-state index in [1.165, 1.54) is 11.3 Å². The second kappa shape index (κ2) is 6.78. The van der Waals surface area contributed by atoms with E-state index in [1.807, 2.05) is 19.2 Å². The van der Waals surface area contributed by atoms with E-state index in [0.717, 1.165) is 10.7 Å². The molecule has 0 aliphatic rings. The van der Waals surface area contributed by atoms with Crippen LogP contribution in [0, 0.1) is 6.92 Å². The van der Waals surface area contributed by atoms with Gasteiger partial charge in [-0.2, -0.15) is 0 Å². The number of aromatic nitrogens is 1. The number of methoxy groups -OCH3 is 1. The van der Waals surface area contributed by atoms with Crippen molar-refractivity contribution in [3.8, 4) is 5.75 Å². The molecule has 1 heterocycles. The van der Waals surface area contributed by atoms with E-state index >= 15 is 0 Å². The molecule has 2 N–H and O–H groups in total. The summed E-state index contributed by atoms with van der Waals surface area (Å²) >= 11 is 7.59. The lowest BCUT2D eigenvalue weighted by Crippen LogP contribution is -2.31. The first kappa shape index (κ1) is 15.6. The number of thiazole rings is 1. The second-order valence-electron chi connectivity index (χ2n) is 4.49. The third-order valence-electron chi connectivity index (χ3n) is 2.78. The number of rotatable bonds is 4. The van der Waals surface area contributed by atoms with Gasteiger partial charge in [-0.25, -0.2) is 9.78 Å². The van der Waals surface area contributed by atoms with Crippen LogP contribution < -0.4 is 15.4 Å². The van der Waals surface area contributed by atoms with Gasteiger partial charge in [-0.15, -0.1) is 11.3 Å². The van der Waals surface area contributed by atoms with Gasteiger partial charge >= 0.3 is 6.03 Å². The molecule has 0 aliphatic heterocycles. The zero-order chi connectivity index (χ0) is 15.4. The number of anilines is 1. The summed E-state index contributed by atoms with van der Waals surface area (Å²) in [7, 11) is 1.56. The number of nitrogens with zero attached hydrogens (tertiary/aromatic N) is 1. The molecule has 7 heteroatoms. The molecule has 2 aromatic rings. The van der Waals surface area contributed by atoms with Gasteiger partial charge in [-0.3, -0.25) is 0 Å². The van der Waals surface area contributed by atoms with E-state index in [0.29, 0.717) is 16.5 Å². The Balaban J connectivity index is 1.98. The number of benzene rings is 1. The highest BCUT2D eigenvalue weighted by atomic mass is 35.5. The van der Waals surface area contributed by atoms with Gasteiger partial charge < -0.3 is 15.4 Å². The summed E-state index contributed by atoms with van der Waals surface area (Å²) < 4.78 is 5.06. The van der Waals surface area contributed by atoms with Gasteiger partial charge in [0.15, 0.2) is 0 Å². The van der Waals surface area contributed by atoms with E-state index in [4.69, 9.17) is 16.3 Å². The molecule has 0 unspecified atom stereocenters. The maximum Gasteiger partial charge on any atom is 0.319 e. The van der Waals surface area contributed by atoms with Crippen LogP contribution in [-0.2, 0) is 0 Å². The number of nitrogens with one attached hydrogen (secondary N) is 2. The molecule has 2 rings (SSSR count). The van der Waals surface area contributed by atoms with Gasteiger partial charge in [0.1, 0.15) is 10.8 Å². The van der Waals surface area contributed by atoms with Gasteiger partial charge in [0, 0.05) is 17.1 Å². The molecule has 0 bridgehead atoms. The molecule has 0 fully saturated rings. The molecule has 0 saturated carbocycles. The molecular formula is C14H16ClN3O2S. The largest absolute Gasteiger partial charge is 0.497 e. The number of ether oxygens (including phenoxy) is 1. The van der Waals surface area contributed by atoms with Crippen LogP contribution in [0.2, 0.25) is 5.02 Å². The maximum absolute atomic E-state index is 12.0. The lowest BCUT2D eigenvalue weighted by molar-refractivity contribution is 0.249. The number of urea groups is 1. The Hall–Kier alpha value is -1.79. The number of aryl methyl sites for hydroxylation is 1. The molecule has 21 heavy (non-hydrogen) atoms. The van der Waals surface area contributed by atoms with Crippen molar-refractivity contribution in [2.24, 2.45) is 0 Å². The minimum Gasteiger partial charge on any atom is -0.497 e. The minimum atomic E-state index is -0.331. The normalized spacial score (nSPS) is 11.8. The molecule has 5 nitrogen and oxygen atoms in total. The topological polar surface area (TPSA) is 63.2 Å². The third kappa shape index (κ3) is 4.09. The Labute approximate surface area is 132 Å². The summed E-state index contributed by atoms with van der Waals surface area (Å²) in [5, 5.41) is 8.76. The quantitative estimate of drug-likeness (QED) is 0.893. The Morgan fingerprint density at radius 2 is 2.24 bits per heavy atom. The van der Waals surface area contributed by atoms with Crippen LogP contribution in [0.25, 0.3) is 0 Å². The summed E-state index contributed by atoms with van der Waals surface area (Å²) in [6.45, 7) is 3.80. The first-order chi connectivity index (χ1) is 9.99. The molecule has 0 radical (unpaired) electrons. The fraction of sp³-hybridized carbons (Fsp3) is 0.286. The van der Waals surface area contributed by atoms with E-state index in [-0.39, 0.29) is 12.1 Å². The van der Waals surface area contributed by atoms with E-state index in [1.54, 1.807) is 25.3 Å². The Bertz CT molecular complexity index is 645. The number of amides is 2. The summed E-state index contributed by atoms with van der Waals surface area (Å²) in [6.07, 6.45) is 0. The maximum atomic E-state index is 12.0. The van der Waals surface area contributed by atoms with Crippen molar-refractivity contribution in [3.63, 3.8) is 0 Å². The summed E-state index contributed by atoms with van der Waals surface area (Å²) in [5.41, 5.74) is 1.47. The van der Waals surface area contributed by atoms with E-state index < -0.39 is 0 Å². The molecule has 1 aromatic carbocycles. The van der Waals surface area contributed by atoms with Gasteiger partial charge in [0.2, 0.25) is 0 Å². The third-order valence-corrected chi connectivity index (χ3v) is 4.24. The fourth-order valence-corrected chi connectivity index (χ4v) is 2.73. The Morgan fingerprint density at radius 3 is 2.81 bits per heavy atom. The van der Waals surface area contributed by atoms with Crippen molar-refractivity contribution in [1.29, 1.82) is 0 Å². The van der Waals surface area contributed by atoms with Crippen molar-refractivity contribution in [1.82, 2.24) is 10.3 Å². The summed E-state index contributed by atoms with van der Waals surface area (Å²) in [6, 6.07) is 4.57. The van der Waals surface area contributed by atoms with Gasteiger partial charge in [-0.1, -0.05) is 11.6 Å². The SMILES string of the molecule is COc1ccc(NC(=O)N[C@H](C)c2nc(C)cs2)c(Cl)c1. The number of carbonyl (C=O) groups excluding carboxylic acids is 1. The van der Waals surface area contributed by atoms with Crippen LogP contribution in [-0.4, -0.2) is 18.1 Å². The lowest BCUT2D eigenvalue weighted by atomic mass is 10.3. The van der Waals surface area contributed by atoms with Crippen LogP contribution in [0.3, 0.4) is 0 Å². The molecule has 1 aromatic heterocycles. The average Bonchev–Trinajstić information content (AvgIpc) is 2.87. The zero-order valence-corrected chi connectivity index (χ0v) is 13.5. The fourth-order valence-electron chi connectivity index (χ4n) is 1.71. The molecule has 0 aliphatic carbocycles. The van der Waals surface area contributed by atoms with Crippen LogP contribution in [0.5, 0.6) is 5.75 Å². The smallest absolute Gasteiger partial charge is 0.319 e. The molecule has 112 valence electrons. The van der Waals surface area contributed by atoms with Crippen molar-refractivity contribution in [2.45, 2.75) is 19.9 Å². The molecule has 0 saturated heterocycles. The van der Waals surface area contributed by atoms with Crippen molar-refractivity contribution in [2.75, 3.05) is 12.4 Å². The van der Waals surface area contributed by atoms with Crippen LogP contribution >= 0.6 is 22.9 Å². The summed E-state index contributed by atoms with van der Waals surface area (Å²) in [5.74, 6) is 0.637. The van der Waals surface area contributed by atoms with Crippen LogP contribution in [0.1, 0.15) is 23.7 Å². The van der Waals surface area contributed by atoms with Crippen molar-refractivity contribution >= 4 is 34.7 Å². The first-order valence-electron chi connectivity index (χ1n) is 6.32. The highest BCUT2D eigenvalue weighted by molar-refractivity contribution is 7.09. The van der Waals surface area contributed by atoms with Crippen LogP contribution in [0.4, 0.5) is 10.5 Å². The first-order valence-corrected chi connectivity index (χ1v) is 7.58. The van der Waals surface area contributed by atoms with Crippen molar-refractivity contribution in [3.05, 3.63) is 39.3 Å². The lowest BCUT2D eigenvalue weighted by Gasteiger charge is -2.13. The highest BCUT2D eigenvalue weighted by Gasteiger charge is 2.13. The summed E-state index contributed by atoms with van der Waals surface area (Å²) in [4.78, 5) is 16.3. The van der Waals surface area contributed by atoms with Gasteiger partial charge in [0.25, 0.3) is 0 Å². The minimum absolute atomic E-state index is 0.166. The predicted molar refractivity (Wildman–Crippen MR) is 85.4 cm³/mol. The molecule has 0 spiro atoms. The number of hydrogen-bond donors (Lipinski definition) is 2. The van der Waals surface area contributed by atoms with Gasteiger partial charge in [0.05, 0.1) is 23.9 Å². The monoisotopic (exact) mass is 325 g/mol. The predicted octanol–water partition coefficient (Wildman–Crippen LogP) is 4.00. The van der Waals surface area contributed by atoms with E-state index in [2.05, 4.69) is 15.6 Å². The highest BCUT2D eigenvalue weighted by Crippen LogP contribution is 2.26. The number of hydrogen-bond acceptors (Lipinski definition) is 4. The second-order valence-corrected chi connectivity index (χ2v) is 5.79. The molecule has 1 atom stereocenters. The average molecular weight is 326 g/mol.